The molecule has 0 aliphatic heterocycles. The monoisotopic (exact) mass is 343 g/mol. The van der Waals surface area contributed by atoms with E-state index in [1.165, 1.54) is 24.8 Å². The van der Waals surface area contributed by atoms with Crippen molar-refractivity contribution >= 4 is 15.9 Å². The summed E-state index contributed by atoms with van der Waals surface area (Å²) in [5.74, 6) is 1.66. The van der Waals surface area contributed by atoms with Gasteiger partial charge in [0.15, 0.2) is 11.5 Å². The Balaban J connectivity index is 2.67. The van der Waals surface area contributed by atoms with Crippen LogP contribution >= 0.6 is 15.9 Å². The molecular formula is C16H26BrNO2. The molecule has 1 rings (SSSR count). The van der Waals surface area contributed by atoms with Gasteiger partial charge >= 0.3 is 0 Å². The van der Waals surface area contributed by atoms with Gasteiger partial charge in [-0.1, -0.05) is 28.8 Å². The van der Waals surface area contributed by atoms with Gasteiger partial charge in [-0.25, -0.2) is 0 Å². The summed E-state index contributed by atoms with van der Waals surface area (Å²) < 4.78 is 12.4. The second-order valence-electron chi connectivity index (χ2n) is 4.71. The van der Waals surface area contributed by atoms with Gasteiger partial charge in [0.1, 0.15) is 0 Å². The van der Waals surface area contributed by atoms with Crippen LogP contribution in [0.2, 0.25) is 0 Å². The Bertz CT molecular complexity index is 396. The first-order valence-electron chi connectivity index (χ1n) is 7.51. The third-order valence-electron chi connectivity index (χ3n) is 3.11. The van der Waals surface area contributed by atoms with Gasteiger partial charge in [-0.2, -0.15) is 0 Å². The summed E-state index contributed by atoms with van der Waals surface area (Å²) in [6.07, 6.45) is 5.79. The lowest BCUT2D eigenvalue weighted by molar-refractivity contribution is 0.287. The lowest BCUT2D eigenvalue weighted by Crippen LogP contribution is -2.00. The minimum Gasteiger partial charge on any atom is -0.490 e. The van der Waals surface area contributed by atoms with Crippen LogP contribution < -0.4 is 15.2 Å². The molecule has 0 fully saturated rings. The number of unbranched alkanes of at least 4 members (excludes halogenated alkanes) is 3. The average Bonchev–Trinajstić information content (AvgIpc) is 2.43. The SMILES string of the molecule is CCOc1cc(Br)c(CCCCCCN)cc1OCC. The molecule has 0 atom stereocenters. The fraction of sp³-hybridized carbons (Fsp3) is 0.625. The van der Waals surface area contributed by atoms with E-state index in [0.29, 0.717) is 13.2 Å². The highest BCUT2D eigenvalue weighted by Crippen LogP contribution is 2.34. The zero-order valence-electron chi connectivity index (χ0n) is 12.6. The van der Waals surface area contributed by atoms with E-state index >= 15 is 0 Å². The van der Waals surface area contributed by atoms with Crippen molar-refractivity contribution in [3.8, 4) is 11.5 Å². The maximum absolute atomic E-state index is 5.67. The minimum atomic E-state index is 0.644. The predicted molar refractivity (Wildman–Crippen MR) is 87.7 cm³/mol. The maximum Gasteiger partial charge on any atom is 0.162 e. The number of nitrogens with two attached hydrogens (primary N) is 1. The molecule has 0 saturated carbocycles. The molecule has 20 heavy (non-hydrogen) atoms. The van der Waals surface area contributed by atoms with Crippen LogP contribution in [0.25, 0.3) is 0 Å². The number of hydrogen-bond acceptors (Lipinski definition) is 3. The van der Waals surface area contributed by atoms with Crippen LogP contribution in [0.3, 0.4) is 0 Å². The largest absolute Gasteiger partial charge is 0.490 e. The van der Waals surface area contributed by atoms with E-state index in [1.807, 2.05) is 19.9 Å². The molecule has 0 radical (unpaired) electrons. The highest BCUT2D eigenvalue weighted by Gasteiger charge is 2.10. The molecule has 0 aromatic heterocycles. The van der Waals surface area contributed by atoms with Crippen molar-refractivity contribution in [2.45, 2.75) is 46.0 Å². The molecule has 0 saturated heterocycles. The second-order valence-corrected chi connectivity index (χ2v) is 5.56. The van der Waals surface area contributed by atoms with E-state index in [-0.39, 0.29) is 0 Å². The van der Waals surface area contributed by atoms with Crippen molar-refractivity contribution in [1.29, 1.82) is 0 Å². The molecule has 114 valence electrons. The van der Waals surface area contributed by atoms with Crippen LogP contribution in [0.5, 0.6) is 11.5 Å². The van der Waals surface area contributed by atoms with E-state index in [2.05, 4.69) is 22.0 Å². The predicted octanol–water partition coefficient (Wildman–Crippen LogP) is 4.31. The Labute approximate surface area is 131 Å². The average molecular weight is 344 g/mol. The summed E-state index contributed by atoms with van der Waals surface area (Å²) >= 11 is 3.63. The molecule has 3 nitrogen and oxygen atoms in total. The summed E-state index contributed by atoms with van der Waals surface area (Å²) in [6.45, 7) is 6.06. The third kappa shape index (κ3) is 5.71. The van der Waals surface area contributed by atoms with E-state index < -0.39 is 0 Å². The lowest BCUT2D eigenvalue weighted by atomic mass is 10.1. The number of ether oxygens (including phenoxy) is 2. The number of rotatable bonds is 10. The summed E-state index contributed by atoms with van der Waals surface area (Å²) in [4.78, 5) is 0. The van der Waals surface area contributed by atoms with Crippen LogP contribution in [0, 0.1) is 0 Å². The van der Waals surface area contributed by atoms with Gasteiger partial charge in [-0.15, -0.1) is 0 Å². The first kappa shape index (κ1) is 17.3. The first-order chi connectivity index (χ1) is 9.72. The number of benzene rings is 1. The van der Waals surface area contributed by atoms with Gasteiger partial charge in [-0.3, -0.25) is 0 Å². The van der Waals surface area contributed by atoms with E-state index in [0.717, 1.165) is 35.4 Å². The molecule has 4 heteroatoms. The molecule has 0 aliphatic carbocycles. The Morgan fingerprint density at radius 3 is 2.15 bits per heavy atom. The molecule has 1 aromatic carbocycles. The minimum absolute atomic E-state index is 0.644. The summed E-state index contributed by atoms with van der Waals surface area (Å²) in [5.41, 5.74) is 6.79. The van der Waals surface area contributed by atoms with Crippen molar-refractivity contribution < 1.29 is 9.47 Å². The quantitative estimate of drug-likeness (QED) is 0.644. The van der Waals surface area contributed by atoms with Gasteiger partial charge in [0.2, 0.25) is 0 Å². The second kappa shape index (κ2) is 10.1. The number of halogens is 1. The van der Waals surface area contributed by atoms with Gasteiger partial charge in [-0.05, 0) is 57.4 Å². The van der Waals surface area contributed by atoms with Gasteiger partial charge in [0.05, 0.1) is 13.2 Å². The Hall–Kier alpha value is -0.740. The highest BCUT2D eigenvalue weighted by atomic mass is 79.9. The zero-order chi connectivity index (χ0) is 14.8. The fourth-order valence-electron chi connectivity index (χ4n) is 2.12. The molecule has 0 spiro atoms. The Kier molecular flexibility index (Phi) is 8.70. The van der Waals surface area contributed by atoms with E-state index in [1.54, 1.807) is 0 Å². The molecule has 0 bridgehead atoms. The maximum atomic E-state index is 5.67. The van der Waals surface area contributed by atoms with Crippen molar-refractivity contribution in [2.24, 2.45) is 5.73 Å². The first-order valence-corrected chi connectivity index (χ1v) is 8.30. The molecule has 0 heterocycles. The Morgan fingerprint density at radius 2 is 1.55 bits per heavy atom. The standard InChI is InChI=1S/C16H26BrNO2/c1-3-19-15-11-13(9-7-5-6-8-10-18)14(17)12-16(15)20-4-2/h11-12H,3-10,18H2,1-2H3. The molecular weight excluding hydrogens is 318 g/mol. The lowest BCUT2D eigenvalue weighted by Gasteiger charge is -2.14. The van der Waals surface area contributed by atoms with E-state index in [9.17, 15) is 0 Å². The van der Waals surface area contributed by atoms with Crippen LogP contribution in [-0.2, 0) is 6.42 Å². The number of aryl methyl sites for hydroxylation is 1. The van der Waals surface area contributed by atoms with Crippen molar-refractivity contribution in [1.82, 2.24) is 0 Å². The molecule has 0 unspecified atom stereocenters. The number of hydrogen-bond donors (Lipinski definition) is 1. The highest BCUT2D eigenvalue weighted by molar-refractivity contribution is 9.10. The zero-order valence-corrected chi connectivity index (χ0v) is 14.2. The fourth-order valence-corrected chi connectivity index (χ4v) is 2.64. The topological polar surface area (TPSA) is 44.5 Å². The molecule has 0 aliphatic rings. The van der Waals surface area contributed by atoms with Crippen LogP contribution in [0.4, 0.5) is 0 Å². The van der Waals surface area contributed by atoms with Gasteiger partial charge in [0, 0.05) is 4.47 Å². The van der Waals surface area contributed by atoms with Gasteiger partial charge in [0.25, 0.3) is 0 Å². The normalized spacial score (nSPS) is 10.6. The molecule has 2 N–H and O–H groups in total. The van der Waals surface area contributed by atoms with Crippen molar-refractivity contribution in [2.75, 3.05) is 19.8 Å². The molecule has 0 amide bonds. The van der Waals surface area contributed by atoms with Crippen LogP contribution in [0.15, 0.2) is 16.6 Å². The smallest absolute Gasteiger partial charge is 0.162 e. The van der Waals surface area contributed by atoms with Crippen molar-refractivity contribution in [3.63, 3.8) is 0 Å². The summed E-state index contributed by atoms with van der Waals surface area (Å²) in [5, 5.41) is 0. The summed E-state index contributed by atoms with van der Waals surface area (Å²) in [6, 6.07) is 4.12. The molecule has 1 aromatic rings. The van der Waals surface area contributed by atoms with Crippen LogP contribution in [0.1, 0.15) is 45.1 Å². The summed E-state index contributed by atoms with van der Waals surface area (Å²) in [7, 11) is 0. The third-order valence-corrected chi connectivity index (χ3v) is 3.85. The van der Waals surface area contributed by atoms with Crippen LogP contribution in [-0.4, -0.2) is 19.8 Å². The Morgan fingerprint density at radius 1 is 0.950 bits per heavy atom. The van der Waals surface area contributed by atoms with Gasteiger partial charge < -0.3 is 15.2 Å². The van der Waals surface area contributed by atoms with Crippen molar-refractivity contribution in [3.05, 3.63) is 22.2 Å². The van der Waals surface area contributed by atoms with E-state index in [4.69, 9.17) is 15.2 Å².